The smallest absolute Gasteiger partial charge is 0.254 e. The molecule has 0 radical (unpaired) electrons. The lowest BCUT2D eigenvalue weighted by atomic mass is 9.93. The average Bonchev–Trinajstić information content (AvgIpc) is 3.14. The van der Waals surface area contributed by atoms with E-state index < -0.39 is 12.1 Å². The number of likely N-dealkylation sites (N-methyl/N-ethyl adjacent to an activating group) is 1. The molecule has 30 heavy (non-hydrogen) atoms. The molecule has 1 saturated heterocycles. The molecule has 160 valence electrons. The molecule has 1 aromatic heterocycles. The second-order valence-corrected chi connectivity index (χ2v) is 9.19. The summed E-state index contributed by atoms with van der Waals surface area (Å²) in [5.74, 6) is 1.31. The average molecular weight is 412 g/mol. The van der Waals surface area contributed by atoms with Crippen LogP contribution >= 0.6 is 0 Å². The van der Waals surface area contributed by atoms with Gasteiger partial charge in [-0.1, -0.05) is 45.0 Å². The van der Waals surface area contributed by atoms with Crippen molar-refractivity contribution in [3.05, 3.63) is 52.7 Å². The summed E-state index contributed by atoms with van der Waals surface area (Å²) in [6.07, 6.45) is -0.120. The lowest BCUT2D eigenvalue weighted by Gasteiger charge is -2.41. The van der Waals surface area contributed by atoms with Gasteiger partial charge in [-0.05, 0) is 18.1 Å². The van der Waals surface area contributed by atoms with Crippen LogP contribution in [0.1, 0.15) is 55.3 Å². The van der Waals surface area contributed by atoms with Crippen molar-refractivity contribution in [2.75, 3.05) is 20.2 Å². The third kappa shape index (κ3) is 3.62. The Morgan fingerprint density at radius 2 is 1.97 bits per heavy atom. The van der Waals surface area contributed by atoms with Crippen molar-refractivity contribution in [2.24, 2.45) is 0 Å². The van der Waals surface area contributed by atoms with Gasteiger partial charge in [-0.2, -0.15) is 0 Å². The Morgan fingerprint density at radius 1 is 1.23 bits per heavy atom. The van der Waals surface area contributed by atoms with Crippen molar-refractivity contribution in [1.29, 1.82) is 0 Å². The van der Waals surface area contributed by atoms with Gasteiger partial charge >= 0.3 is 0 Å². The Bertz CT molecular complexity index is 975. The second kappa shape index (κ2) is 7.54. The number of nitrogens with zero attached hydrogens (tertiary/aromatic N) is 3. The van der Waals surface area contributed by atoms with E-state index in [1.54, 1.807) is 16.8 Å². The first-order valence-corrected chi connectivity index (χ1v) is 10.4. The van der Waals surface area contributed by atoms with Crippen molar-refractivity contribution < 1.29 is 18.7 Å². The minimum absolute atomic E-state index is 0.0908. The molecule has 3 heterocycles. The predicted molar refractivity (Wildman–Crippen MR) is 111 cm³/mol. The van der Waals surface area contributed by atoms with Gasteiger partial charge in [0.15, 0.2) is 12.0 Å². The molecule has 1 aromatic carbocycles. The summed E-state index contributed by atoms with van der Waals surface area (Å²) in [5, 5.41) is 0. The van der Waals surface area contributed by atoms with E-state index >= 15 is 0 Å². The monoisotopic (exact) mass is 411 g/mol. The number of amides is 2. The zero-order valence-corrected chi connectivity index (χ0v) is 18.3. The molecule has 7 nitrogen and oxygen atoms in total. The Morgan fingerprint density at radius 3 is 2.67 bits per heavy atom. The molecule has 2 aromatic rings. The Balaban J connectivity index is 1.61. The maximum absolute atomic E-state index is 13.5. The molecule has 4 rings (SSSR count). The molecule has 0 N–H and O–H groups in total. The van der Waals surface area contributed by atoms with Gasteiger partial charge in [-0.15, -0.1) is 0 Å². The zero-order valence-electron chi connectivity index (χ0n) is 18.3. The molecule has 7 heteroatoms. The van der Waals surface area contributed by atoms with Gasteiger partial charge in [0.25, 0.3) is 5.91 Å². The summed E-state index contributed by atoms with van der Waals surface area (Å²) < 4.78 is 11.8. The van der Waals surface area contributed by atoms with Crippen LogP contribution in [0.3, 0.4) is 0 Å². The normalized spacial score (nSPS) is 22.2. The highest BCUT2D eigenvalue weighted by Gasteiger charge is 2.43. The largest absolute Gasteiger partial charge is 0.445 e. The maximum Gasteiger partial charge on any atom is 0.254 e. The molecule has 0 spiro atoms. The molecule has 1 fully saturated rings. The lowest BCUT2D eigenvalue weighted by Crippen LogP contribution is -2.54. The number of rotatable bonds is 2. The number of carbonyl (C=O) groups is 2. The predicted octanol–water partition coefficient (Wildman–Crippen LogP) is 2.76. The number of morpholine rings is 1. The SMILES string of the molecule is Cc1ccccc1[C@@H]1[C@@H](C(=O)N2CCc3oc(C(C)(C)C)nc3C2)OCC(=O)N1C. The Kier molecular flexibility index (Phi) is 5.18. The van der Waals surface area contributed by atoms with Crippen molar-refractivity contribution in [3.63, 3.8) is 0 Å². The molecule has 0 saturated carbocycles. The Hall–Kier alpha value is -2.67. The first-order chi connectivity index (χ1) is 14.2. The highest BCUT2D eigenvalue weighted by Crippen LogP contribution is 2.33. The first-order valence-electron chi connectivity index (χ1n) is 10.4. The summed E-state index contributed by atoms with van der Waals surface area (Å²) in [6, 6.07) is 7.36. The van der Waals surface area contributed by atoms with Crippen LogP contribution in [-0.2, 0) is 32.7 Å². The molecule has 2 amide bonds. The van der Waals surface area contributed by atoms with E-state index in [0.29, 0.717) is 25.4 Å². The van der Waals surface area contributed by atoms with Crippen LogP contribution < -0.4 is 0 Å². The number of aryl methyl sites for hydroxylation is 1. The number of hydrogen-bond acceptors (Lipinski definition) is 5. The lowest BCUT2D eigenvalue weighted by molar-refractivity contribution is -0.168. The van der Waals surface area contributed by atoms with Crippen LogP contribution in [-0.4, -0.2) is 52.9 Å². The van der Waals surface area contributed by atoms with Crippen molar-refractivity contribution >= 4 is 11.8 Å². The number of carbonyl (C=O) groups excluding carboxylic acids is 2. The highest BCUT2D eigenvalue weighted by atomic mass is 16.5. The molecular weight excluding hydrogens is 382 g/mol. The molecule has 2 aliphatic rings. The van der Waals surface area contributed by atoms with Crippen molar-refractivity contribution in [1.82, 2.24) is 14.8 Å². The van der Waals surface area contributed by atoms with Crippen LogP contribution in [0.15, 0.2) is 28.7 Å². The van der Waals surface area contributed by atoms with E-state index in [1.165, 1.54) is 0 Å². The van der Waals surface area contributed by atoms with Crippen LogP contribution in [0.4, 0.5) is 0 Å². The fourth-order valence-electron chi connectivity index (χ4n) is 4.10. The third-order valence-corrected chi connectivity index (χ3v) is 5.92. The number of benzene rings is 1. The quantitative estimate of drug-likeness (QED) is 0.760. The van der Waals surface area contributed by atoms with Crippen LogP contribution in [0.25, 0.3) is 0 Å². The fourth-order valence-corrected chi connectivity index (χ4v) is 4.10. The summed E-state index contributed by atoms with van der Waals surface area (Å²) in [7, 11) is 1.74. The van der Waals surface area contributed by atoms with Crippen molar-refractivity contribution in [2.45, 2.75) is 58.2 Å². The van der Waals surface area contributed by atoms with E-state index in [-0.39, 0.29) is 23.8 Å². The third-order valence-electron chi connectivity index (χ3n) is 5.92. The first kappa shape index (κ1) is 20.6. The summed E-state index contributed by atoms with van der Waals surface area (Å²) in [5.41, 5.74) is 2.59. The standard InChI is InChI=1S/C23H29N3O4/c1-14-8-6-7-9-15(14)19-20(29-13-18(27)25(19)5)21(28)26-11-10-17-16(12-26)24-22(30-17)23(2,3)4/h6-9,19-20H,10-13H2,1-5H3/t19-,20+/m1/s1. The van der Waals surface area contributed by atoms with Crippen molar-refractivity contribution in [3.8, 4) is 0 Å². The number of hydrogen-bond donors (Lipinski definition) is 0. The zero-order chi connectivity index (χ0) is 21.6. The van der Waals surface area contributed by atoms with Gasteiger partial charge in [0.2, 0.25) is 5.91 Å². The summed E-state index contributed by atoms with van der Waals surface area (Å²) >= 11 is 0. The molecule has 0 aliphatic carbocycles. The van der Waals surface area contributed by atoms with Crippen LogP contribution in [0.2, 0.25) is 0 Å². The van der Waals surface area contributed by atoms with Gasteiger partial charge < -0.3 is 19.0 Å². The molecule has 0 bridgehead atoms. The van der Waals surface area contributed by atoms with E-state index in [4.69, 9.17) is 9.15 Å². The summed E-state index contributed by atoms with van der Waals surface area (Å²) in [6.45, 7) is 9.01. The van der Waals surface area contributed by atoms with Gasteiger partial charge in [0.1, 0.15) is 18.1 Å². The highest BCUT2D eigenvalue weighted by molar-refractivity contribution is 5.86. The topological polar surface area (TPSA) is 75.9 Å². The van der Waals surface area contributed by atoms with Gasteiger partial charge in [-0.3, -0.25) is 9.59 Å². The van der Waals surface area contributed by atoms with E-state index in [2.05, 4.69) is 25.8 Å². The molecule has 0 unspecified atom stereocenters. The number of aromatic nitrogens is 1. The molecular formula is C23H29N3O4. The van der Waals surface area contributed by atoms with E-state index in [9.17, 15) is 9.59 Å². The molecule has 2 aliphatic heterocycles. The fraction of sp³-hybridized carbons (Fsp3) is 0.522. The minimum atomic E-state index is -0.746. The van der Waals surface area contributed by atoms with Gasteiger partial charge in [-0.25, -0.2) is 4.98 Å². The van der Waals surface area contributed by atoms with Gasteiger partial charge in [0, 0.05) is 25.4 Å². The Labute approximate surface area is 177 Å². The number of oxazole rings is 1. The number of ether oxygens (including phenoxy) is 1. The van der Waals surface area contributed by atoms with E-state index in [0.717, 1.165) is 22.6 Å². The van der Waals surface area contributed by atoms with Crippen LogP contribution in [0.5, 0.6) is 0 Å². The number of fused-ring (bicyclic) bond motifs is 1. The maximum atomic E-state index is 13.5. The second-order valence-electron chi connectivity index (χ2n) is 9.19. The van der Waals surface area contributed by atoms with E-state index in [1.807, 2.05) is 31.2 Å². The minimum Gasteiger partial charge on any atom is -0.445 e. The summed E-state index contributed by atoms with van der Waals surface area (Å²) in [4.78, 5) is 33.9. The van der Waals surface area contributed by atoms with Crippen LogP contribution in [0, 0.1) is 6.92 Å². The molecule has 2 atom stereocenters. The van der Waals surface area contributed by atoms with Gasteiger partial charge in [0.05, 0.1) is 12.6 Å².